The standard InChI is InChI=1S/C30H42O5S/c1-25-8-10-26(11-9-25)22-29(31)6-2-4-16-33-18-20-35-21-19-34-17-5-3-7-30(32)23-27-12-14-28(24-36)15-13-27/h8-15,36H,2-7,16-24H2,1H3. The summed E-state index contributed by atoms with van der Waals surface area (Å²) < 4.78 is 16.7. The van der Waals surface area contributed by atoms with Crippen LogP contribution in [0.25, 0.3) is 0 Å². The summed E-state index contributed by atoms with van der Waals surface area (Å²) in [5, 5.41) is 0. The van der Waals surface area contributed by atoms with E-state index in [1.807, 2.05) is 55.5 Å². The number of benzene rings is 2. The molecule has 0 unspecified atom stereocenters. The molecule has 6 heteroatoms. The number of unbranched alkanes of at least 4 members (excludes halogenated alkanes) is 2. The van der Waals surface area contributed by atoms with Crippen molar-refractivity contribution < 1.29 is 23.8 Å². The average molecular weight is 515 g/mol. The maximum atomic E-state index is 12.1. The largest absolute Gasteiger partial charge is 0.379 e. The summed E-state index contributed by atoms with van der Waals surface area (Å²) in [6.45, 7) is 5.53. The van der Waals surface area contributed by atoms with Gasteiger partial charge >= 0.3 is 0 Å². The molecule has 0 N–H and O–H groups in total. The molecule has 2 aromatic rings. The molecule has 0 heterocycles. The lowest BCUT2D eigenvalue weighted by molar-refractivity contribution is -0.119. The van der Waals surface area contributed by atoms with Crippen LogP contribution in [0.1, 0.15) is 60.8 Å². The number of thiol groups is 1. The molecule has 5 nitrogen and oxygen atoms in total. The highest BCUT2D eigenvalue weighted by atomic mass is 32.1. The van der Waals surface area contributed by atoms with E-state index in [4.69, 9.17) is 14.2 Å². The van der Waals surface area contributed by atoms with Crippen molar-refractivity contribution in [2.45, 2.75) is 64.0 Å². The van der Waals surface area contributed by atoms with Gasteiger partial charge in [-0.2, -0.15) is 12.6 Å². The maximum Gasteiger partial charge on any atom is 0.137 e. The summed E-state index contributed by atoms with van der Waals surface area (Å²) in [6.07, 6.45) is 5.66. The zero-order valence-electron chi connectivity index (χ0n) is 21.7. The Balaban J connectivity index is 1.31. The van der Waals surface area contributed by atoms with Gasteiger partial charge in [-0.25, -0.2) is 0 Å². The minimum absolute atomic E-state index is 0.269. The number of ether oxygens (including phenoxy) is 3. The number of hydrogen-bond donors (Lipinski definition) is 1. The minimum Gasteiger partial charge on any atom is -0.379 e. The van der Waals surface area contributed by atoms with E-state index in [9.17, 15) is 9.59 Å². The van der Waals surface area contributed by atoms with Gasteiger partial charge in [0.2, 0.25) is 0 Å². The van der Waals surface area contributed by atoms with Crippen molar-refractivity contribution in [3.05, 3.63) is 70.8 Å². The highest BCUT2D eigenvalue weighted by molar-refractivity contribution is 7.79. The zero-order chi connectivity index (χ0) is 25.8. The summed E-state index contributed by atoms with van der Waals surface area (Å²) >= 11 is 4.25. The minimum atomic E-state index is 0.269. The van der Waals surface area contributed by atoms with Crippen molar-refractivity contribution in [1.82, 2.24) is 0 Å². The molecule has 0 amide bonds. The fourth-order valence-corrected chi connectivity index (χ4v) is 3.91. The van der Waals surface area contributed by atoms with Crippen molar-refractivity contribution in [2.24, 2.45) is 0 Å². The quantitative estimate of drug-likeness (QED) is 0.170. The van der Waals surface area contributed by atoms with E-state index in [1.54, 1.807) is 0 Å². The second-order valence-corrected chi connectivity index (χ2v) is 9.46. The SMILES string of the molecule is Cc1ccc(CC(=O)CCCCOCCOCCOCCCCC(=O)Cc2ccc(CS)cc2)cc1. The van der Waals surface area contributed by atoms with Gasteiger partial charge in [0.1, 0.15) is 11.6 Å². The van der Waals surface area contributed by atoms with Crippen LogP contribution in [0.4, 0.5) is 0 Å². The van der Waals surface area contributed by atoms with E-state index in [0.717, 1.165) is 42.4 Å². The summed E-state index contributed by atoms with van der Waals surface area (Å²) in [7, 11) is 0. The summed E-state index contributed by atoms with van der Waals surface area (Å²) in [5.74, 6) is 1.27. The van der Waals surface area contributed by atoms with E-state index >= 15 is 0 Å². The van der Waals surface area contributed by atoms with Gasteiger partial charge in [0, 0.05) is 44.6 Å². The second kappa shape index (κ2) is 19.2. The van der Waals surface area contributed by atoms with Crippen molar-refractivity contribution in [3.8, 4) is 0 Å². The molecule has 0 fully saturated rings. The Morgan fingerprint density at radius 2 is 0.972 bits per heavy atom. The topological polar surface area (TPSA) is 61.8 Å². The van der Waals surface area contributed by atoms with Crippen LogP contribution in [0, 0.1) is 6.92 Å². The van der Waals surface area contributed by atoms with Gasteiger partial charge in [0.25, 0.3) is 0 Å². The van der Waals surface area contributed by atoms with Crippen LogP contribution in [-0.2, 0) is 42.4 Å². The molecule has 198 valence electrons. The van der Waals surface area contributed by atoms with Crippen LogP contribution in [0.5, 0.6) is 0 Å². The van der Waals surface area contributed by atoms with Crippen LogP contribution in [0.15, 0.2) is 48.5 Å². The number of Topliss-reactive ketones (excluding diaryl/α,β-unsaturated/α-hetero) is 2. The molecule has 0 atom stereocenters. The van der Waals surface area contributed by atoms with Gasteiger partial charge in [-0.05, 0) is 49.3 Å². The maximum absolute atomic E-state index is 12.1. The average Bonchev–Trinajstić information content (AvgIpc) is 2.88. The molecule has 0 aliphatic rings. The van der Waals surface area contributed by atoms with Gasteiger partial charge in [0.05, 0.1) is 26.4 Å². The summed E-state index contributed by atoms with van der Waals surface area (Å²) in [6, 6.07) is 16.2. The van der Waals surface area contributed by atoms with Gasteiger partial charge in [-0.1, -0.05) is 54.1 Å². The highest BCUT2D eigenvalue weighted by Gasteiger charge is 2.05. The van der Waals surface area contributed by atoms with Crippen LogP contribution in [0.3, 0.4) is 0 Å². The molecule has 0 aliphatic heterocycles. The molecule has 0 spiro atoms. The molecule has 0 saturated carbocycles. The number of aryl methyl sites for hydroxylation is 1. The van der Waals surface area contributed by atoms with E-state index in [-0.39, 0.29) is 11.6 Å². The third-order valence-electron chi connectivity index (χ3n) is 5.86. The van der Waals surface area contributed by atoms with E-state index < -0.39 is 0 Å². The first-order valence-electron chi connectivity index (χ1n) is 13.1. The van der Waals surface area contributed by atoms with Crippen LogP contribution in [-0.4, -0.2) is 51.2 Å². The lowest BCUT2D eigenvalue weighted by atomic mass is 10.0. The Morgan fingerprint density at radius 3 is 1.42 bits per heavy atom. The number of ketones is 2. The Hall–Kier alpha value is -1.99. The predicted octanol–water partition coefficient (Wildman–Crippen LogP) is 5.74. The number of hydrogen-bond acceptors (Lipinski definition) is 6. The van der Waals surface area contributed by atoms with E-state index in [1.165, 1.54) is 5.56 Å². The molecule has 0 radical (unpaired) electrons. The van der Waals surface area contributed by atoms with Crippen LogP contribution >= 0.6 is 12.6 Å². The highest BCUT2D eigenvalue weighted by Crippen LogP contribution is 2.10. The predicted molar refractivity (Wildman–Crippen MR) is 148 cm³/mol. The molecule has 0 aliphatic carbocycles. The lowest BCUT2D eigenvalue weighted by Gasteiger charge is -2.07. The van der Waals surface area contributed by atoms with Crippen molar-refractivity contribution in [1.29, 1.82) is 0 Å². The Bertz CT molecular complexity index is 864. The monoisotopic (exact) mass is 514 g/mol. The van der Waals surface area contributed by atoms with Crippen LogP contribution in [0.2, 0.25) is 0 Å². The van der Waals surface area contributed by atoms with Crippen molar-refractivity contribution in [2.75, 3.05) is 39.6 Å². The second-order valence-electron chi connectivity index (χ2n) is 9.14. The third-order valence-corrected chi connectivity index (χ3v) is 6.23. The van der Waals surface area contributed by atoms with Crippen molar-refractivity contribution in [3.63, 3.8) is 0 Å². The number of carbonyl (C=O) groups excluding carboxylic acids is 2. The Kier molecular flexibility index (Phi) is 16.1. The van der Waals surface area contributed by atoms with Gasteiger partial charge in [0.15, 0.2) is 0 Å². The molecule has 0 saturated heterocycles. The van der Waals surface area contributed by atoms with E-state index in [2.05, 4.69) is 12.6 Å². The first-order chi connectivity index (χ1) is 17.6. The fourth-order valence-electron chi connectivity index (χ4n) is 3.70. The van der Waals surface area contributed by atoms with Crippen LogP contribution < -0.4 is 0 Å². The summed E-state index contributed by atoms with van der Waals surface area (Å²) in [5.41, 5.74) is 4.52. The zero-order valence-corrected chi connectivity index (χ0v) is 22.6. The Morgan fingerprint density at radius 1 is 0.583 bits per heavy atom. The van der Waals surface area contributed by atoms with E-state index in [0.29, 0.717) is 71.1 Å². The Labute approximate surface area is 222 Å². The first-order valence-corrected chi connectivity index (χ1v) is 13.7. The molecule has 2 rings (SSSR count). The van der Waals surface area contributed by atoms with Gasteiger partial charge in [-0.15, -0.1) is 0 Å². The molecule has 36 heavy (non-hydrogen) atoms. The fraction of sp³-hybridized carbons (Fsp3) is 0.533. The smallest absolute Gasteiger partial charge is 0.137 e. The molecular formula is C30H42O5S. The first kappa shape index (κ1) is 30.2. The molecule has 2 aromatic carbocycles. The summed E-state index contributed by atoms with van der Waals surface area (Å²) in [4.78, 5) is 24.1. The number of rotatable bonds is 21. The normalized spacial score (nSPS) is 11.1. The van der Waals surface area contributed by atoms with Gasteiger partial charge in [-0.3, -0.25) is 9.59 Å². The molecule has 0 aromatic heterocycles. The van der Waals surface area contributed by atoms with Crippen molar-refractivity contribution >= 4 is 24.2 Å². The molecule has 0 bridgehead atoms. The number of carbonyl (C=O) groups is 2. The molecular weight excluding hydrogens is 472 g/mol. The third kappa shape index (κ3) is 14.5. The lowest BCUT2D eigenvalue weighted by Crippen LogP contribution is -2.10. The van der Waals surface area contributed by atoms with Gasteiger partial charge < -0.3 is 14.2 Å².